The van der Waals surface area contributed by atoms with E-state index >= 15 is 0 Å². The molecule has 0 saturated heterocycles. The molecule has 88 valence electrons. The van der Waals surface area contributed by atoms with Crippen molar-refractivity contribution < 1.29 is 9.66 Å². The average Bonchev–Trinajstić information content (AvgIpc) is 2.74. The van der Waals surface area contributed by atoms with Crippen LogP contribution in [0.15, 0.2) is 24.8 Å². The lowest BCUT2D eigenvalue weighted by atomic mass is 10.4. The maximum atomic E-state index is 10.6. The van der Waals surface area contributed by atoms with Gasteiger partial charge in [-0.2, -0.15) is 0 Å². The zero-order valence-corrected chi connectivity index (χ0v) is 9.46. The minimum Gasteiger partial charge on any atom is -0.493 e. The van der Waals surface area contributed by atoms with Crippen molar-refractivity contribution >= 4 is 17.3 Å². The summed E-state index contributed by atoms with van der Waals surface area (Å²) in [4.78, 5) is 17.8. The number of nitrogens with zero attached hydrogens (tertiary/aromatic N) is 4. The molecule has 0 amide bonds. The van der Waals surface area contributed by atoms with E-state index in [1.165, 1.54) is 30.3 Å². The molecule has 0 bridgehead atoms. The fraction of sp³-hybridized carbons (Fsp3) is 0.111. The lowest BCUT2D eigenvalue weighted by molar-refractivity contribution is -0.385. The largest absolute Gasteiger partial charge is 0.493 e. The number of rotatable bonds is 3. The monoisotopic (exact) mass is 254 g/mol. The third-order valence-electron chi connectivity index (χ3n) is 2.04. The average molecular weight is 255 g/mol. The van der Waals surface area contributed by atoms with Gasteiger partial charge in [0.15, 0.2) is 11.6 Å². The van der Waals surface area contributed by atoms with Crippen LogP contribution in [0.1, 0.15) is 0 Å². The normalized spacial score (nSPS) is 10.2. The highest BCUT2D eigenvalue weighted by Gasteiger charge is 2.14. The van der Waals surface area contributed by atoms with Crippen LogP contribution in [0.3, 0.4) is 0 Å². The number of pyridine rings is 1. The van der Waals surface area contributed by atoms with E-state index in [1.807, 2.05) is 0 Å². The zero-order chi connectivity index (χ0) is 12.4. The van der Waals surface area contributed by atoms with E-state index in [9.17, 15) is 10.1 Å². The van der Waals surface area contributed by atoms with Crippen molar-refractivity contribution in [3.8, 4) is 11.6 Å². The van der Waals surface area contributed by atoms with Crippen molar-refractivity contribution in [2.75, 3.05) is 7.11 Å². The topological polar surface area (TPSA) is 83.1 Å². The van der Waals surface area contributed by atoms with Crippen molar-refractivity contribution in [3.05, 3.63) is 40.1 Å². The second-order valence-corrected chi connectivity index (χ2v) is 3.47. The fourth-order valence-corrected chi connectivity index (χ4v) is 1.43. The Morgan fingerprint density at radius 2 is 2.29 bits per heavy atom. The first kappa shape index (κ1) is 11.3. The highest BCUT2D eigenvalue weighted by Crippen LogP contribution is 2.25. The maximum Gasteiger partial charge on any atom is 0.291 e. The van der Waals surface area contributed by atoms with Gasteiger partial charge in [0, 0.05) is 6.20 Å². The predicted octanol–water partition coefficient (Wildman–Crippen LogP) is 1.84. The smallest absolute Gasteiger partial charge is 0.291 e. The summed E-state index contributed by atoms with van der Waals surface area (Å²) >= 11 is 5.68. The van der Waals surface area contributed by atoms with Gasteiger partial charge < -0.3 is 4.74 Å². The molecule has 0 aliphatic carbocycles. The number of ether oxygens (including phenoxy) is 1. The van der Waals surface area contributed by atoms with E-state index in [2.05, 4.69) is 9.97 Å². The van der Waals surface area contributed by atoms with Crippen molar-refractivity contribution in [1.29, 1.82) is 0 Å². The number of aromatic nitrogens is 3. The molecule has 0 spiro atoms. The standard InChI is InChI=1S/C9H7ClN4O3/c1-17-7-2-6(14(15)16)3-11-9(7)13-4-8(10)12-5-13/h2-5H,1H3. The molecule has 0 aliphatic rings. The van der Waals surface area contributed by atoms with Crippen LogP contribution in [-0.2, 0) is 0 Å². The van der Waals surface area contributed by atoms with Crippen LogP contribution in [-0.4, -0.2) is 26.6 Å². The van der Waals surface area contributed by atoms with Gasteiger partial charge in [0.2, 0.25) is 0 Å². The second-order valence-electron chi connectivity index (χ2n) is 3.08. The van der Waals surface area contributed by atoms with E-state index in [4.69, 9.17) is 16.3 Å². The molecule has 7 nitrogen and oxygen atoms in total. The Bertz CT molecular complexity index is 569. The maximum absolute atomic E-state index is 10.6. The van der Waals surface area contributed by atoms with Crippen LogP contribution in [0.5, 0.6) is 5.75 Å². The van der Waals surface area contributed by atoms with Gasteiger partial charge in [0.25, 0.3) is 5.69 Å². The molecule has 17 heavy (non-hydrogen) atoms. The lowest BCUT2D eigenvalue weighted by Gasteiger charge is -2.06. The highest BCUT2D eigenvalue weighted by molar-refractivity contribution is 6.29. The van der Waals surface area contributed by atoms with Crippen molar-refractivity contribution in [2.45, 2.75) is 0 Å². The van der Waals surface area contributed by atoms with Crippen LogP contribution >= 0.6 is 11.6 Å². The summed E-state index contributed by atoms with van der Waals surface area (Å²) in [5.41, 5.74) is -0.142. The van der Waals surface area contributed by atoms with Gasteiger partial charge in [-0.05, 0) is 0 Å². The molecule has 8 heteroatoms. The molecule has 0 N–H and O–H groups in total. The van der Waals surface area contributed by atoms with Gasteiger partial charge in [-0.15, -0.1) is 0 Å². The van der Waals surface area contributed by atoms with E-state index in [0.717, 1.165) is 6.20 Å². The molecule has 0 fully saturated rings. The fourth-order valence-electron chi connectivity index (χ4n) is 1.29. The first-order valence-electron chi connectivity index (χ1n) is 4.50. The SMILES string of the molecule is COc1cc([N+](=O)[O-])cnc1-n1cnc(Cl)c1. The molecular weight excluding hydrogens is 248 g/mol. The van der Waals surface area contributed by atoms with Gasteiger partial charge >= 0.3 is 0 Å². The Labute approximate surface area is 101 Å². The number of imidazole rings is 1. The molecular formula is C9H7ClN4O3. The molecule has 0 saturated carbocycles. The van der Waals surface area contributed by atoms with Crippen LogP contribution in [0.2, 0.25) is 5.15 Å². The van der Waals surface area contributed by atoms with E-state index in [-0.39, 0.29) is 11.4 Å². The van der Waals surface area contributed by atoms with Gasteiger partial charge in [0.1, 0.15) is 17.7 Å². The summed E-state index contributed by atoms with van der Waals surface area (Å²) in [7, 11) is 1.41. The lowest BCUT2D eigenvalue weighted by Crippen LogP contribution is -2.00. The third kappa shape index (κ3) is 2.18. The number of hydrogen-bond donors (Lipinski definition) is 0. The van der Waals surface area contributed by atoms with Crippen LogP contribution in [0.25, 0.3) is 5.82 Å². The first-order valence-corrected chi connectivity index (χ1v) is 4.88. The van der Waals surface area contributed by atoms with E-state index in [1.54, 1.807) is 0 Å². The molecule has 0 aromatic carbocycles. The molecule has 2 rings (SSSR count). The molecule has 0 atom stereocenters. The summed E-state index contributed by atoms with van der Waals surface area (Å²) in [6, 6.07) is 1.29. The summed E-state index contributed by atoms with van der Waals surface area (Å²) in [5.74, 6) is 0.658. The van der Waals surface area contributed by atoms with Crippen LogP contribution in [0.4, 0.5) is 5.69 Å². The second kappa shape index (κ2) is 4.38. The minimum atomic E-state index is -0.541. The quantitative estimate of drug-likeness (QED) is 0.616. The van der Waals surface area contributed by atoms with E-state index < -0.39 is 4.92 Å². The summed E-state index contributed by atoms with van der Waals surface area (Å²) in [5, 5.41) is 10.9. The Hall–Kier alpha value is -2.15. The Morgan fingerprint density at radius 1 is 1.53 bits per heavy atom. The summed E-state index contributed by atoms with van der Waals surface area (Å²) < 4.78 is 6.56. The number of hydrogen-bond acceptors (Lipinski definition) is 5. The first-order chi connectivity index (χ1) is 8.11. The molecule has 2 aromatic rings. The van der Waals surface area contributed by atoms with Crippen LogP contribution in [0, 0.1) is 10.1 Å². The Morgan fingerprint density at radius 3 is 2.82 bits per heavy atom. The molecule has 0 unspecified atom stereocenters. The number of methoxy groups -OCH3 is 1. The van der Waals surface area contributed by atoms with Crippen molar-refractivity contribution in [2.24, 2.45) is 0 Å². The predicted molar refractivity (Wildman–Crippen MR) is 59.6 cm³/mol. The van der Waals surface area contributed by atoms with Crippen LogP contribution < -0.4 is 4.74 Å². The van der Waals surface area contributed by atoms with Gasteiger partial charge in [-0.3, -0.25) is 14.7 Å². The summed E-state index contributed by atoms with van der Waals surface area (Å²) in [6.07, 6.45) is 4.11. The van der Waals surface area contributed by atoms with Gasteiger partial charge in [-0.25, -0.2) is 9.97 Å². The number of halogens is 1. The van der Waals surface area contributed by atoms with Gasteiger partial charge in [-0.1, -0.05) is 11.6 Å². The molecule has 0 radical (unpaired) electrons. The minimum absolute atomic E-state index is 0.142. The molecule has 0 aliphatic heterocycles. The van der Waals surface area contributed by atoms with E-state index in [0.29, 0.717) is 11.0 Å². The summed E-state index contributed by atoms with van der Waals surface area (Å²) in [6.45, 7) is 0. The zero-order valence-electron chi connectivity index (χ0n) is 8.70. The molecule has 2 aromatic heterocycles. The molecule has 2 heterocycles. The number of nitro groups is 1. The third-order valence-corrected chi connectivity index (χ3v) is 2.24. The highest BCUT2D eigenvalue weighted by atomic mass is 35.5. The Balaban J connectivity index is 2.51. The van der Waals surface area contributed by atoms with Crippen molar-refractivity contribution in [3.63, 3.8) is 0 Å². The van der Waals surface area contributed by atoms with Crippen molar-refractivity contribution in [1.82, 2.24) is 14.5 Å². The van der Waals surface area contributed by atoms with Gasteiger partial charge in [0.05, 0.1) is 18.1 Å². The Kier molecular flexibility index (Phi) is 2.92.